The van der Waals surface area contributed by atoms with E-state index < -0.39 is 0 Å². The van der Waals surface area contributed by atoms with E-state index in [1.165, 1.54) is 0 Å². The lowest BCUT2D eigenvalue weighted by atomic mass is 10.1. The summed E-state index contributed by atoms with van der Waals surface area (Å²) in [5.41, 5.74) is 0.718. The van der Waals surface area contributed by atoms with Crippen molar-refractivity contribution < 1.29 is 4.79 Å². The van der Waals surface area contributed by atoms with Crippen molar-refractivity contribution in [2.45, 2.75) is 12.8 Å². The van der Waals surface area contributed by atoms with E-state index in [1.54, 1.807) is 24.5 Å². The third kappa shape index (κ3) is 2.62. The fourth-order valence-corrected chi connectivity index (χ4v) is 1.04. The highest BCUT2D eigenvalue weighted by atomic mass is 35.5. The fourth-order valence-electron chi connectivity index (χ4n) is 0.910. The van der Waals surface area contributed by atoms with Crippen LogP contribution in [0.3, 0.4) is 0 Å². The van der Waals surface area contributed by atoms with Gasteiger partial charge in [0.2, 0.25) is 0 Å². The van der Waals surface area contributed by atoms with Crippen LogP contribution in [0.2, 0.25) is 0 Å². The van der Waals surface area contributed by atoms with Crippen LogP contribution in [0, 0.1) is 0 Å². The largest absolute Gasteiger partial charge is 0.294 e. The number of carbonyl (C=O) groups is 1. The molecule has 0 bridgehead atoms. The van der Waals surface area contributed by atoms with Gasteiger partial charge in [0.1, 0.15) is 0 Å². The van der Waals surface area contributed by atoms with Gasteiger partial charge in [-0.3, -0.25) is 9.78 Å². The SMILES string of the molecule is O=C(CCCCl)c1ccncc1. The Bertz CT molecular complexity index is 248. The first-order valence-electron chi connectivity index (χ1n) is 3.84. The van der Waals surface area contributed by atoms with Gasteiger partial charge in [-0.15, -0.1) is 11.6 Å². The zero-order chi connectivity index (χ0) is 8.81. The molecule has 1 aromatic heterocycles. The summed E-state index contributed by atoms with van der Waals surface area (Å²) in [7, 11) is 0. The standard InChI is InChI=1S/C9H10ClNO/c10-5-1-2-9(12)8-3-6-11-7-4-8/h3-4,6-7H,1-2,5H2. The number of hydrogen-bond acceptors (Lipinski definition) is 2. The van der Waals surface area contributed by atoms with E-state index in [9.17, 15) is 4.79 Å². The van der Waals surface area contributed by atoms with E-state index in [1.807, 2.05) is 0 Å². The average molecular weight is 184 g/mol. The van der Waals surface area contributed by atoms with E-state index in [0.717, 1.165) is 12.0 Å². The minimum Gasteiger partial charge on any atom is -0.294 e. The second-order valence-corrected chi connectivity index (χ2v) is 2.83. The Morgan fingerprint density at radius 3 is 2.67 bits per heavy atom. The number of alkyl halides is 1. The molecule has 0 atom stereocenters. The molecule has 0 saturated heterocycles. The number of hydrogen-bond donors (Lipinski definition) is 0. The molecule has 3 heteroatoms. The molecule has 1 rings (SSSR count). The predicted octanol–water partition coefficient (Wildman–Crippen LogP) is 2.28. The van der Waals surface area contributed by atoms with Crippen LogP contribution in [0.4, 0.5) is 0 Å². The normalized spacial score (nSPS) is 9.75. The van der Waals surface area contributed by atoms with Gasteiger partial charge in [-0.2, -0.15) is 0 Å². The monoisotopic (exact) mass is 183 g/mol. The van der Waals surface area contributed by atoms with E-state index in [2.05, 4.69) is 4.98 Å². The van der Waals surface area contributed by atoms with Gasteiger partial charge < -0.3 is 0 Å². The summed E-state index contributed by atoms with van der Waals surface area (Å²) in [6.07, 6.45) is 4.50. The molecule has 2 nitrogen and oxygen atoms in total. The quantitative estimate of drug-likeness (QED) is 0.530. The molecule has 0 unspecified atom stereocenters. The maximum Gasteiger partial charge on any atom is 0.163 e. The number of carbonyl (C=O) groups excluding carboxylic acids is 1. The van der Waals surface area contributed by atoms with Crippen LogP contribution < -0.4 is 0 Å². The van der Waals surface area contributed by atoms with Crippen LogP contribution in [0.1, 0.15) is 23.2 Å². The third-order valence-electron chi connectivity index (χ3n) is 1.54. The Morgan fingerprint density at radius 2 is 2.08 bits per heavy atom. The van der Waals surface area contributed by atoms with Gasteiger partial charge in [-0.1, -0.05) is 0 Å². The van der Waals surface area contributed by atoms with Crippen LogP contribution in [0.15, 0.2) is 24.5 Å². The molecular formula is C9H10ClNO. The number of aromatic nitrogens is 1. The summed E-state index contributed by atoms with van der Waals surface area (Å²) in [5.74, 6) is 0.676. The van der Waals surface area contributed by atoms with E-state index in [-0.39, 0.29) is 5.78 Å². The van der Waals surface area contributed by atoms with Crippen molar-refractivity contribution in [2.75, 3.05) is 5.88 Å². The highest BCUT2D eigenvalue weighted by molar-refractivity contribution is 6.18. The molecule has 0 radical (unpaired) electrons. The van der Waals surface area contributed by atoms with Crippen LogP contribution >= 0.6 is 11.6 Å². The Morgan fingerprint density at radius 1 is 1.42 bits per heavy atom. The van der Waals surface area contributed by atoms with Crippen LogP contribution in [-0.4, -0.2) is 16.6 Å². The smallest absolute Gasteiger partial charge is 0.163 e. The lowest BCUT2D eigenvalue weighted by molar-refractivity contribution is 0.0982. The van der Waals surface area contributed by atoms with Crippen molar-refractivity contribution >= 4 is 17.4 Å². The van der Waals surface area contributed by atoms with Gasteiger partial charge in [0.15, 0.2) is 5.78 Å². The number of nitrogens with zero attached hydrogens (tertiary/aromatic N) is 1. The molecule has 0 N–H and O–H groups in total. The summed E-state index contributed by atoms with van der Waals surface area (Å²) in [5, 5.41) is 0. The molecule has 0 saturated carbocycles. The van der Waals surface area contributed by atoms with Gasteiger partial charge in [-0.05, 0) is 18.6 Å². The first kappa shape index (κ1) is 9.20. The molecular weight excluding hydrogens is 174 g/mol. The van der Waals surface area contributed by atoms with Crippen molar-refractivity contribution in [1.82, 2.24) is 4.98 Å². The number of pyridine rings is 1. The highest BCUT2D eigenvalue weighted by Crippen LogP contribution is 2.03. The number of ketones is 1. The van der Waals surface area contributed by atoms with Crippen molar-refractivity contribution in [3.63, 3.8) is 0 Å². The maximum atomic E-state index is 11.3. The third-order valence-corrected chi connectivity index (χ3v) is 1.81. The second kappa shape index (κ2) is 4.88. The second-order valence-electron chi connectivity index (χ2n) is 2.45. The number of rotatable bonds is 4. The molecule has 0 aliphatic rings. The molecule has 0 aliphatic carbocycles. The van der Waals surface area contributed by atoms with E-state index in [0.29, 0.717) is 12.3 Å². The predicted molar refractivity (Wildman–Crippen MR) is 48.5 cm³/mol. The Hall–Kier alpha value is -0.890. The van der Waals surface area contributed by atoms with Gasteiger partial charge in [0, 0.05) is 30.3 Å². The molecule has 12 heavy (non-hydrogen) atoms. The number of Topliss-reactive ketones (excluding diaryl/α,β-unsaturated/α-hetero) is 1. The molecule has 0 aromatic carbocycles. The first-order chi connectivity index (χ1) is 5.84. The fraction of sp³-hybridized carbons (Fsp3) is 0.333. The lowest BCUT2D eigenvalue weighted by Gasteiger charge is -1.97. The van der Waals surface area contributed by atoms with Gasteiger partial charge in [0.25, 0.3) is 0 Å². The van der Waals surface area contributed by atoms with Crippen molar-refractivity contribution in [3.05, 3.63) is 30.1 Å². The maximum absolute atomic E-state index is 11.3. The first-order valence-corrected chi connectivity index (χ1v) is 4.37. The minimum atomic E-state index is 0.137. The topological polar surface area (TPSA) is 30.0 Å². The average Bonchev–Trinajstić information content (AvgIpc) is 2.15. The van der Waals surface area contributed by atoms with Crippen molar-refractivity contribution in [3.8, 4) is 0 Å². The molecule has 64 valence electrons. The molecule has 0 aliphatic heterocycles. The van der Waals surface area contributed by atoms with Crippen LogP contribution in [-0.2, 0) is 0 Å². The molecule has 1 heterocycles. The van der Waals surface area contributed by atoms with E-state index >= 15 is 0 Å². The van der Waals surface area contributed by atoms with Crippen molar-refractivity contribution in [2.24, 2.45) is 0 Å². The molecule has 0 fully saturated rings. The Labute approximate surface area is 76.6 Å². The van der Waals surface area contributed by atoms with Crippen LogP contribution in [0.5, 0.6) is 0 Å². The lowest BCUT2D eigenvalue weighted by Crippen LogP contribution is -1.98. The van der Waals surface area contributed by atoms with Gasteiger partial charge in [0.05, 0.1) is 0 Å². The van der Waals surface area contributed by atoms with Gasteiger partial charge in [-0.25, -0.2) is 0 Å². The van der Waals surface area contributed by atoms with Crippen LogP contribution in [0.25, 0.3) is 0 Å². The van der Waals surface area contributed by atoms with E-state index in [4.69, 9.17) is 11.6 Å². The molecule has 0 amide bonds. The zero-order valence-corrected chi connectivity index (χ0v) is 7.42. The number of halogens is 1. The summed E-state index contributed by atoms with van der Waals surface area (Å²) in [6.45, 7) is 0. The minimum absolute atomic E-state index is 0.137. The molecule has 0 spiro atoms. The van der Waals surface area contributed by atoms with Crippen molar-refractivity contribution in [1.29, 1.82) is 0 Å². The Kier molecular flexibility index (Phi) is 3.74. The Balaban J connectivity index is 2.54. The van der Waals surface area contributed by atoms with Gasteiger partial charge >= 0.3 is 0 Å². The summed E-state index contributed by atoms with van der Waals surface area (Å²) >= 11 is 5.47. The summed E-state index contributed by atoms with van der Waals surface area (Å²) < 4.78 is 0. The summed E-state index contributed by atoms with van der Waals surface area (Å²) in [6, 6.07) is 3.44. The highest BCUT2D eigenvalue weighted by Gasteiger charge is 2.03. The zero-order valence-electron chi connectivity index (χ0n) is 6.66. The summed E-state index contributed by atoms with van der Waals surface area (Å²) in [4.78, 5) is 15.1. The molecule has 1 aromatic rings.